The van der Waals surface area contributed by atoms with Crippen LogP contribution < -0.4 is 5.73 Å². The highest BCUT2D eigenvalue weighted by atomic mass is 32.1. The maximum atomic E-state index is 11.0. The molecule has 0 aliphatic heterocycles. The molecule has 3 nitrogen and oxygen atoms in total. The first-order chi connectivity index (χ1) is 11.7. The van der Waals surface area contributed by atoms with Crippen LogP contribution in [-0.4, -0.2) is 15.7 Å². The van der Waals surface area contributed by atoms with Crippen molar-refractivity contribution in [3.05, 3.63) is 10.6 Å². The molecule has 25 heavy (non-hydrogen) atoms. The Balaban J connectivity index is 1.50. The lowest BCUT2D eigenvalue weighted by atomic mass is 9.45. The summed E-state index contributed by atoms with van der Waals surface area (Å²) in [6, 6.07) is 0. The molecule has 0 saturated heterocycles. The lowest BCUT2D eigenvalue weighted by Gasteiger charge is -2.60. The normalized spacial score (nSPS) is 51.4. The van der Waals surface area contributed by atoms with Crippen LogP contribution in [0.1, 0.15) is 69.9 Å². The van der Waals surface area contributed by atoms with Gasteiger partial charge in [0.2, 0.25) is 0 Å². The highest BCUT2D eigenvalue weighted by molar-refractivity contribution is 7.15. The van der Waals surface area contributed by atoms with Gasteiger partial charge >= 0.3 is 0 Å². The van der Waals surface area contributed by atoms with Gasteiger partial charge in [0.25, 0.3) is 0 Å². The van der Waals surface area contributed by atoms with Gasteiger partial charge in [0.05, 0.1) is 11.3 Å². The fourth-order valence-electron chi connectivity index (χ4n) is 7.67. The van der Waals surface area contributed by atoms with E-state index >= 15 is 0 Å². The van der Waals surface area contributed by atoms with Crippen LogP contribution in [0.3, 0.4) is 0 Å². The van der Waals surface area contributed by atoms with Crippen LogP contribution in [0.25, 0.3) is 0 Å². The summed E-state index contributed by atoms with van der Waals surface area (Å²) in [6.45, 7) is 7.06. The minimum absolute atomic E-state index is 0.131. The number of hydrogen-bond donors (Lipinski definition) is 2. The zero-order valence-corrected chi connectivity index (χ0v) is 16.7. The first-order valence-corrected chi connectivity index (χ1v) is 11.0. The molecule has 0 bridgehead atoms. The Morgan fingerprint density at radius 2 is 1.84 bits per heavy atom. The number of nitrogens with zero attached hydrogens (tertiary/aromatic N) is 1. The van der Waals surface area contributed by atoms with Crippen LogP contribution in [0.5, 0.6) is 0 Å². The van der Waals surface area contributed by atoms with E-state index in [1.165, 1.54) is 49.1 Å². The molecule has 5 rings (SSSR count). The van der Waals surface area contributed by atoms with Gasteiger partial charge in [-0.05, 0) is 92.8 Å². The van der Waals surface area contributed by atoms with Crippen molar-refractivity contribution in [2.75, 3.05) is 5.73 Å². The summed E-state index contributed by atoms with van der Waals surface area (Å²) in [4.78, 5) is 6.09. The number of rotatable bonds is 0. The second-order valence-electron chi connectivity index (χ2n) is 10.2. The smallest absolute Gasteiger partial charge is 0.180 e. The average Bonchev–Trinajstić information content (AvgIpc) is 3.00. The summed E-state index contributed by atoms with van der Waals surface area (Å²) in [5.74, 6) is 3.11. The van der Waals surface area contributed by atoms with Crippen molar-refractivity contribution in [1.82, 2.24) is 4.98 Å². The molecule has 3 fully saturated rings. The second-order valence-corrected chi connectivity index (χ2v) is 11.3. The Labute approximate surface area is 155 Å². The zero-order chi connectivity index (χ0) is 17.6. The van der Waals surface area contributed by atoms with E-state index in [0.717, 1.165) is 35.7 Å². The van der Waals surface area contributed by atoms with Gasteiger partial charge in [-0.25, -0.2) is 4.98 Å². The molecule has 1 aromatic heterocycles. The molecule has 3 saturated carbocycles. The van der Waals surface area contributed by atoms with E-state index in [1.807, 2.05) is 0 Å². The van der Waals surface area contributed by atoms with Crippen LogP contribution >= 0.6 is 11.3 Å². The SMILES string of the molecule is C[C@]12Cc3sc(N)nc3C[C@@H]1CC[C@H]1[C@H]2CC[C@]2(C)[C@H]1CC[C@@]2(C)O. The average molecular weight is 361 g/mol. The molecular weight excluding hydrogens is 328 g/mol. The molecule has 4 heteroatoms. The number of aliphatic hydroxyl groups is 1. The van der Waals surface area contributed by atoms with Gasteiger partial charge in [-0.15, -0.1) is 11.3 Å². The minimum atomic E-state index is -0.466. The van der Waals surface area contributed by atoms with E-state index in [0.29, 0.717) is 11.3 Å². The maximum absolute atomic E-state index is 11.0. The molecule has 7 atom stereocenters. The molecule has 0 aromatic carbocycles. The minimum Gasteiger partial charge on any atom is -0.390 e. The van der Waals surface area contributed by atoms with E-state index in [-0.39, 0.29) is 5.41 Å². The quantitative estimate of drug-likeness (QED) is 0.719. The Bertz CT molecular complexity index is 713. The van der Waals surface area contributed by atoms with Gasteiger partial charge in [-0.2, -0.15) is 0 Å². The predicted octanol–water partition coefficient (Wildman–Crippen LogP) is 4.43. The van der Waals surface area contributed by atoms with Gasteiger partial charge in [0.1, 0.15) is 0 Å². The van der Waals surface area contributed by atoms with Crippen LogP contribution in [0.4, 0.5) is 5.13 Å². The Kier molecular flexibility index (Phi) is 3.32. The third-order valence-corrected chi connectivity index (χ3v) is 10.3. The highest BCUT2D eigenvalue weighted by Crippen LogP contribution is 2.67. The first kappa shape index (κ1) is 16.6. The Morgan fingerprint density at radius 3 is 2.64 bits per heavy atom. The van der Waals surface area contributed by atoms with Crippen molar-refractivity contribution < 1.29 is 5.11 Å². The fourth-order valence-corrected chi connectivity index (χ4v) is 8.71. The maximum Gasteiger partial charge on any atom is 0.180 e. The molecule has 4 aliphatic carbocycles. The number of thiazole rings is 1. The van der Waals surface area contributed by atoms with Crippen molar-refractivity contribution in [3.63, 3.8) is 0 Å². The van der Waals surface area contributed by atoms with Crippen molar-refractivity contribution in [2.45, 2.75) is 77.7 Å². The molecule has 1 aromatic rings. The largest absolute Gasteiger partial charge is 0.390 e. The molecule has 0 radical (unpaired) electrons. The van der Waals surface area contributed by atoms with Crippen LogP contribution in [0, 0.1) is 34.5 Å². The van der Waals surface area contributed by atoms with E-state index in [9.17, 15) is 5.11 Å². The van der Waals surface area contributed by atoms with Crippen LogP contribution in [-0.2, 0) is 12.8 Å². The summed E-state index contributed by atoms with van der Waals surface area (Å²) >= 11 is 1.73. The van der Waals surface area contributed by atoms with E-state index < -0.39 is 5.60 Å². The number of nitrogen functional groups attached to an aromatic ring is 1. The Morgan fingerprint density at radius 1 is 1.08 bits per heavy atom. The van der Waals surface area contributed by atoms with E-state index in [4.69, 9.17) is 5.73 Å². The third-order valence-electron chi connectivity index (χ3n) is 9.40. The van der Waals surface area contributed by atoms with Gasteiger partial charge in [-0.3, -0.25) is 0 Å². The summed E-state index contributed by atoms with van der Waals surface area (Å²) in [5, 5.41) is 11.8. The fraction of sp³-hybridized carbons (Fsp3) is 0.857. The summed E-state index contributed by atoms with van der Waals surface area (Å²) in [5.41, 5.74) is 7.39. The van der Waals surface area contributed by atoms with Crippen molar-refractivity contribution in [2.24, 2.45) is 34.5 Å². The molecule has 3 N–H and O–H groups in total. The van der Waals surface area contributed by atoms with Crippen LogP contribution in [0.15, 0.2) is 0 Å². The molecular formula is C21H32N2OS. The first-order valence-electron chi connectivity index (χ1n) is 10.2. The number of hydrogen-bond acceptors (Lipinski definition) is 4. The number of aromatic nitrogens is 1. The van der Waals surface area contributed by atoms with Crippen molar-refractivity contribution >= 4 is 16.5 Å². The van der Waals surface area contributed by atoms with Gasteiger partial charge in [0, 0.05) is 4.88 Å². The van der Waals surface area contributed by atoms with Crippen molar-refractivity contribution in [1.29, 1.82) is 0 Å². The summed E-state index contributed by atoms with van der Waals surface area (Å²) in [7, 11) is 0. The predicted molar refractivity (Wildman–Crippen MR) is 102 cm³/mol. The number of anilines is 1. The Hall–Kier alpha value is -0.610. The van der Waals surface area contributed by atoms with Crippen molar-refractivity contribution in [3.8, 4) is 0 Å². The highest BCUT2D eigenvalue weighted by Gasteiger charge is 2.63. The molecule has 4 aliphatic rings. The lowest BCUT2D eigenvalue weighted by molar-refractivity contribution is -0.139. The topological polar surface area (TPSA) is 59.1 Å². The standard InChI is InChI=1S/C21H32N2OS/c1-19-11-17-16(23-18(22)25-17)10-12(19)4-5-13-14(19)6-8-20(2)15(13)7-9-21(20,3)24/h12-15,24H,4-11H2,1-3H3,(H2,22,23)/t12-,13-,14+,15-,19-,20+,21+/m0/s1. The lowest BCUT2D eigenvalue weighted by Crippen LogP contribution is -2.56. The zero-order valence-electron chi connectivity index (χ0n) is 15.8. The number of fused-ring (bicyclic) bond motifs is 6. The number of nitrogens with two attached hydrogens (primary N) is 1. The molecule has 0 spiro atoms. The van der Waals surface area contributed by atoms with Gasteiger partial charge in [-0.1, -0.05) is 13.8 Å². The second kappa shape index (κ2) is 5.01. The molecule has 1 heterocycles. The van der Waals surface area contributed by atoms with E-state index in [2.05, 4.69) is 25.8 Å². The summed E-state index contributed by atoms with van der Waals surface area (Å²) in [6.07, 6.45) is 9.73. The van der Waals surface area contributed by atoms with Gasteiger partial charge < -0.3 is 10.8 Å². The molecule has 138 valence electrons. The van der Waals surface area contributed by atoms with Gasteiger partial charge in [0.15, 0.2) is 5.13 Å². The van der Waals surface area contributed by atoms with E-state index in [1.54, 1.807) is 11.3 Å². The molecule has 0 unspecified atom stereocenters. The molecule has 0 amide bonds. The summed E-state index contributed by atoms with van der Waals surface area (Å²) < 4.78 is 0. The van der Waals surface area contributed by atoms with Crippen LogP contribution in [0.2, 0.25) is 0 Å². The monoisotopic (exact) mass is 360 g/mol. The third kappa shape index (κ3) is 2.04.